The molecular weight excluding hydrogens is 180 g/mol. The summed E-state index contributed by atoms with van der Waals surface area (Å²) in [4.78, 5) is 11.2. The lowest BCUT2D eigenvalue weighted by Gasteiger charge is -2.29. The van der Waals surface area contributed by atoms with Crippen molar-refractivity contribution in [1.29, 1.82) is 0 Å². The number of nitrogens with two attached hydrogens (primary N) is 1. The average Bonchev–Trinajstić information content (AvgIpc) is 2.03. The van der Waals surface area contributed by atoms with Gasteiger partial charge >= 0.3 is 0 Å². The van der Waals surface area contributed by atoms with E-state index in [1.807, 2.05) is 6.92 Å². The summed E-state index contributed by atoms with van der Waals surface area (Å²) in [6, 6.07) is 0. The van der Waals surface area contributed by atoms with Crippen molar-refractivity contribution in [2.24, 2.45) is 11.7 Å². The smallest absolute Gasteiger partial charge is 0.237 e. The van der Waals surface area contributed by atoms with Crippen LogP contribution in [0.2, 0.25) is 0 Å². The first-order valence-electron chi connectivity index (χ1n) is 5.08. The summed E-state index contributed by atoms with van der Waals surface area (Å²) in [5, 5.41) is 11.7. The van der Waals surface area contributed by atoms with E-state index >= 15 is 0 Å². The quantitative estimate of drug-likeness (QED) is 0.518. The highest BCUT2D eigenvalue weighted by Crippen LogP contribution is 2.15. The largest absolute Gasteiger partial charge is 0.396 e. The first kappa shape index (κ1) is 13.4. The summed E-state index contributed by atoms with van der Waals surface area (Å²) in [6.07, 6.45) is 1.36. The Bertz CT molecular complexity index is 183. The van der Waals surface area contributed by atoms with E-state index in [0.29, 0.717) is 25.3 Å². The zero-order chi connectivity index (χ0) is 11.2. The lowest BCUT2D eigenvalue weighted by molar-refractivity contribution is -0.124. The number of amides is 1. The molecule has 14 heavy (non-hydrogen) atoms. The van der Waals surface area contributed by atoms with Crippen LogP contribution >= 0.6 is 0 Å². The van der Waals surface area contributed by atoms with Crippen LogP contribution in [0.15, 0.2) is 0 Å². The summed E-state index contributed by atoms with van der Waals surface area (Å²) in [5.41, 5.74) is 4.69. The molecule has 0 aliphatic rings. The van der Waals surface area contributed by atoms with E-state index in [4.69, 9.17) is 10.8 Å². The van der Waals surface area contributed by atoms with Crippen molar-refractivity contribution >= 4 is 5.91 Å². The molecule has 0 heterocycles. The third-order valence-corrected chi connectivity index (χ3v) is 2.21. The maximum absolute atomic E-state index is 11.2. The highest BCUT2D eigenvalue weighted by atomic mass is 16.3. The Morgan fingerprint density at radius 2 is 2.14 bits per heavy atom. The second kappa shape index (κ2) is 5.98. The number of rotatable bonds is 7. The molecular formula is C10H22N2O2. The third-order valence-electron chi connectivity index (χ3n) is 2.21. The zero-order valence-electron chi connectivity index (χ0n) is 9.34. The molecule has 1 unspecified atom stereocenters. The van der Waals surface area contributed by atoms with Crippen molar-refractivity contribution in [1.82, 2.24) is 5.32 Å². The summed E-state index contributed by atoms with van der Waals surface area (Å²) in [5.74, 6) is 0.0817. The minimum Gasteiger partial charge on any atom is -0.396 e. The Hall–Kier alpha value is -0.610. The van der Waals surface area contributed by atoms with Gasteiger partial charge in [0.1, 0.15) is 0 Å². The van der Waals surface area contributed by atoms with Gasteiger partial charge in [0.15, 0.2) is 0 Å². The molecule has 0 aromatic carbocycles. The first-order valence-corrected chi connectivity index (χ1v) is 5.08. The van der Waals surface area contributed by atoms with Gasteiger partial charge in [0.2, 0.25) is 5.91 Å². The molecule has 0 fully saturated rings. The number of hydrogen-bond acceptors (Lipinski definition) is 3. The third kappa shape index (κ3) is 4.58. The molecule has 0 bridgehead atoms. The molecule has 1 atom stereocenters. The van der Waals surface area contributed by atoms with E-state index in [1.165, 1.54) is 0 Å². The molecule has 0 rings (SSSR count). The summed E-state index contributed by atoms with van der Waals surface area (Å²) in [6.45, 7) is 6.66. The van der Waals surface area contributed by atoms with Crippen molar-refractivity contribution in [2.75, 3.05) is 13.2 Å². The number of carbonyl (C=O) groups is 1. The van der Waals surface area contributed by atoms with Crippen molar-refractivity contribution < 1.29 is 9.90 Å². The van der Waals surface area contributed by atoms with Gasteiger partial charge in [-0.3, -0.25) is 4.79 Å². The van der Waals surface area contributed by atoms with E-state index < -0.39 is 5.54 Å². The minimum absolute atomic E-state index is 0.128. The van der Waals surface area contributed by atoms with Gasteiger partial charge in [0.25, 0.3) is 0 Å². The fourth-order valence-electron chi connectivity index (χ4n) is 1.52. The summed E-state index contributed by atoms with van der Waals surface area (Å²) >= 11 is 0. The standard InChI is InChI=1S/C10H22N2O2/c1-8(2)7-10(3,9(11)14)12-5-4-6-13/h8,12-13H,4-7H2,1-3H3,(H2,11,14). The second-order valence-electron chi connectivity index (χ2n) is 4.30. The molecule has 0 saturated heterocycles. The van der Waals surface area contributed by atoms with Gasteiger partial charge in [0.05, 0.1) is 5.54 Å². The highest BCUT2D eigenvalue weighted by Gasteiger charge is 2.30. The van der Waals surface area contributed by atoms with E-state index in [0.717, 1.165) is 0 Å². The van der Waals surface area contributed by atoms with E-state index in [2.05, 4.69) is 19.2 Å². The van der Waals surface area contributed by atoms with Crippen LogP contribution in [0.1, 0.15) is 33.6 Å². The maximum atomic E-state index is 11.2. The van der Waals surface area contributed by atoms with Gasteiger partial charge in [-0.1, -0.05) is 13.8 Å². The second-order valence-corrected chi connectivity index (χ2v) is 4.30. The van der Waals surface area contributed by atoms with Crippen LogP contribution < -0.4 is 11.1 Å². The number of aliphatic hydroxyl groups is 1. The summed E-state index contributed by atoms with van der Waals surface area (Å²) in [7, 11) is 0. The molecule has 0 saturated carbocycles. The number of hydrogen-bond donors (Lipinski definition) is 3. The Kier molecular flexibility index (Phi) is 5.72. The molecule has 0 spiro atoms. The molecule has 0 aliphatic carbocycles. The Balaban J connectivity index is 4.17. The first-order chi connectivity index (χ1) is 6.42. The van der Waals surface area contributed by atoms with Gasteiger partial charge in [-0.05, 0) is 32.2 Å². The van der Waals surface area contributed by atoms with E-state index in [9.17, 15) is 4.79 Å². The molecule has 4 heteroatoms. The molecule has 84 valence electrons. The van der Waals surface area contributed by atoms with Crippen LogP contribution in [0.25, 0.3) is 0 Å². The maximum Gasteiger partial charge on any atom is 0.237 e. The normalized spacial score (nSPS) is 15.5. The predicted molar refractivity (Wildman–Crippen MR) is 56.8 cm³/mol. The monoisotopic (exact) mass is 202 g/mol. The van der Waals surface area contributed by atoms with Gasteiger partial charge in [-0.15, -0.1) is 0 Å². The topological polar surface area (TPSA) is 75.3 Å². The average molecular weight is 202 g/mol. The van der Waals surface area contributed by atoms with Crippen LogP contribution in [0.3, 0.4) is 0 Å². The predicted octanol–water partition coefficient (Wildman–Crippen LogP) is 0.248. The Morgan fingerprint density at radius 1 is 1.57 bits per heavy atom. The molecule has 0 aromatic heterocycles. The van der Waals surface area contributed by atoms with Gasteiger partial charge in [-0.25, -0.2) is 0 Å². The van der Waals surface area contributed by atoms with Crippen molar-refractivity contribution in [3.8, 4) is 0 Å². The number of carbonyl (C=O) groups excluding carboxylic acids is 1. The number of primary amides is 1. The van der Waals surface area contributed by atoms with Crippen LogP contribution in [0.5, 0.6) is 0 Å². The van der Waals surface area contributed by atoms with Gasteiger partial charge in [-0.2, -0.15) is 0 Å². The van der Waals surface area contributed by atoms with E-state index in [1.54, 1.807) is 0 Å². The molecule has 0 aromatic rings. The van der Waals surface area contributed by atoms with Crippen LogP contribution in [0, 0.1) is 5.92 Å². The fourth-order valence-corrected chi connectivity index (χ4v) is 1.52. The van der Waals surface area contributed by atoms with Crippen molar-refractivity contribution in [3.63, 3.8) is 0 Å². The molecule has 4 nitrogen and oxygen atoms in total. The zero-order valence-corrected chi connectivity index (χ0v) is 9.34. The Morgan fingerprint density at radius 3 is 2.50 bits per heavy atom. The van der Waals surface area contributed by atoms with Gasteiger partial charge in [0, 0.05) is 6.61 Å². The van der Waals surface area contributed by atoms with Crippen molar-refractivity contribution in [2.45, 2.75) is 39.2 Å². The minimum atomic E-state index is -0.649. The fraction of sp³-hybridized carbons (Fsp3) is 0.900. The molecule has 0 radical (unpaired) electrons. The van der Waals surface area contributed by atoms with Gasteiger partial charge < -0.3 is 16.2 Å². The highest BCUT2D eigenvalue weighted by molar-refractivity contribution is 5.84. The van der Waals surface area contributed by atoms with Crippen LogP contribution in [0.4, 0.5) is 0 Å². The number of aliphatic hydroxyl groups excluding tert-OH is 1. The SMILES string of the molecule is CC(C)CC(C)(NCCCO)C(N)=O. The molecule has 4 N–H and O–H groups in total. The van der Waals surface area contributed by atoms with E-state index in [-0.39, 0.29) is 12.5 Å². The van der Waals surface area contributed by atoms with Crippen molar-refractivity contribution in [3.05, 3.63) is 0 Å². The van der Waals surface area contributed by atoms with Crippen LogP contribution in [-0.4, -0.2) is 29.7 Å². The molecule has 1 amide bonds. The lowest BCUT2D eigenvalue weighted by Crippen LogP contribution is -2.54. The number of nitrogens with one attached hydrogen (secondary N) is 1. The summed E-state index contributed by atoms with van der Waals surface area (Å²) < 4.78 is 0. The Labute approximate surface area is 85.9 Å². The molecule has 0 aliphatic heterocycles. The van der Waals surface area contributed by atoms with Crippen LogP contribution in [-0.2, 0) is 4.79 Å². The lowest BCUT2D eigenvalue weighted by atomic mass is 9.90.